The van der Waals surface area contributed by atoms with Gasteiger partial charge in [-0.05, 0) is 65.8 Å². The first kappa shape index (κ1) is 53.9. The lowest BCUT2D eigenvalue weighted by Crippen LogP contribution is -2.64. The number of esters is 5. The number of aryl methyl sites for hydroxylation is 1. The lowest BCUT2D eigenvalue weighted by atomic mass is 9.77. The standard InChI is InChI=1S/C58H60N6O12/c1-9-22-46-59-52(57(6,7)76-56-51(74-38(5)67)49(73-37(4)66)48(72-36(3)65)50(75-56)55(69)70-8)47(54(68)71-10-2)63(46)35-39-31-33-40(34-32-39)44-29-20-21-30-45(44)53-60-62-64(61-53)58(41-23-14-11-15-24-41,42-25-16-12-17-26-42)43-27-18-13-19-28-43/h11-21,23-34,48-51,56H,9-10,22,35H2,1-8H3/t48-,49-,50-,51+,56-/m0/s1. The van der Waals surface area contributed by atoms with E-state index in [0.29, 0.717) is 24.5 Å². The zero-order chi connectivity index (χ0) is 54.1. The van der Waals surface area contributed by atoms with Crippen molar-refractivity contribution in [2.45, 2.75) is 110 Å². The number of hydrogen-bond donors (Lipinski definition) is 0. The molecule has 18 nitrogen and oxygen atoms in total. The fourth-order valence-corrected chi connectivity index (χ4v) is 9.68. The normalized spacial score (nSPS) is 17.6. The van der Waals surface area contributed by atoms with Crippen molar-refractivity contribution in [3.8, 4) is 22.5 Å². The highest BCUT2D eigenvalue weighted by Crippen LogP contribution is 2.41. The van der Waals surface area contributed by atoms with Crippen LogP contribution in [0.3, 0.4) is 0 Å². The lowest BCUT2D eigenvalue weighted by molar-refractivity contribution is -0.323. The van der Waals surface area contributed by atoms with E-state index in [1.165, 1.54) is 0 Å². The van der Waals surface area contributed by atoms with Gasteiger partial charge in [0.05, 0.1) is 13.7 Å². The Hall–Kier alpha value is -8.35. The van der Waals surface area contributed by atoms with Gasteiger partial charge in [-0.25, -0.2) is 14.6 Å². The van der Waals surface area contributed by atoms with E-state index in [9.17, 15) is 24.0 Å². The van der Waals surface area contributed by atoms with Crippen molar-refractivity contribution in [1.82, 2.24) is 29.8 Å². The number of tetrazole rings is 1. The molecule has 0 spiro atoms. The summed E-state index contributed by atoms with van der Waals surface area (Å²) in [6, 6.07) is 46.2. The van der Waals surface area contributed by atoms with Crippen LogP contribution in [0.25, 0.3) is 22.5 Å². The molecule has 1 fully saturated rings. The molecule has 1 aliphatic heterocycles. The molecule has 0 saturated carbocycles. The van der Waals surface area contributed by atoms with Gasteiger partial charge in [-0.15, -0.1) is 15.0 Å². The molecule has 3 heterocycles. The Morgan fingerprint density at radius 3 is 1.71 bits per heavy atom. The number of rotatable bonds is 19. The Kier molecular flexibility index (Phi) is 16.6. The maximum absolute atomic E-state index is 14.2. The Morgan fingerprint density at radius 1 is 0.658 bits per heavy atom. The van der Waals surface area contributed by atoms with Gasteiger partial charge in [0, 0.05) is 39.3 Å². The molecule has 5 atom stereocenters. The van der Waals surface area contributed by atoms with E-state index in [0.717, 1.165) is 66.8 Å². The smallest absolute Gasteiger partial charge is 0.357 e. The highest BCUT2D eigenvalue weighted by Gasteiger charge is 2.57. The third-order valence-corrected chi connectivity index (χ3v) is 12.9. The number of carbonyl (C=O) groups is 5. The predicted octanol–water partition coefficient (Wildman–Crippen LogP) is 8.17. The second-order valence-electron chi connectivity index (χ2n) is 18.5. The Bertz CT molecular complexity index is 3060. The van der Waals surface area contributed by atoms with Crippen molar-refractivity contribution >= 4 is 29.8 Å². The van der Waals surface area contributed by atoms with E-state index in [2.05, 4.69) is 36.4 Å². The number of benzene rings is 5. The summed E-state index contributed by atoms with van der Waals surface area (Å²) >= 11 is 0. The van der Waals surface area contributed by atoms with Gasteiger partial charge in [0.15, 0.2) is 35.6 Å². The molecule has 0 aliphatic carbocycles. The molecule has 0 radical (unpaired) electrons. The first-order chi connectivity index (χ1) is 36.6. The van der Waals surface area contributed by atoms with Crippen LogP contribution in [0.1, 0.15) is 99.1 Å². The largest absolute Gasteiger partial charge is 0.467 e. The highest BCUT2D eigenvalue weighted by atomic mass is 16.7. The summed E-state index contributed by atoms with van der Waals surface area (Å²) in [5, 5.41) is 14.7. The Morgan fingerprint density at radius 2 is 1.18 bits per heavy atom. The first-order valence-electron chi connectivity index (χ1n) is 25.0. The van der Waals surface area contributed by atoms with E-state index in [1.807, 2.05) is 110 Å². The zero-order valence-electron chi connectivity index (χ0n) is 43.6. The fourth-order valence-electron chi connectivity index (χ4n) is 9.68. The van der Waals surface area contributed by atoms with Crippen LogP contribution in [-0.4, -0.2) is 104 Å². The summed E-state index contributed by atoms with van der Waals surface area (Å²) in [6.07, 6.45) is -7.08. The van der Waals surface area contributed by atoms with Gasteiger partial charge >= 0.3 is 29.8 Å². The number of methoxy groups -OCH3 is 1. The second-order valence-corrected chi connectivity index (χ2v) is 18.5. The average Bonchev–Trinajstić information content (AvgIpc) is 4.13. The minimum atomic E-state index is -1.71. The summed E-state index contributed by atoms with van der Waals surface area (Å²) in [5.41, 5.74) is 3.87. The van der Waals surface area contributed by atoms with Crippen LogP contribution in [0, 0.1) is 0 Å². The minimum absolute atomic E-state index is 0.0407. The maximum atomic E-state index is 14.2. The molecule has 1 aliphatic rings. The number of carbonyl (C=O) groups excluding carboxylic acids is 5. The van der Waals surface area contributed by atoms with Crippen LogP contribution in [0.4, 0.5) is 0 Å². The molecule has 2 aromatic heterocycles. The molecule has 8 rings (SSSR count). The van der Waals surface area contributed by atoms with Gasteiger partial charge in [0.1, 0.15) is 17.1 Å². The van der Waals surface area contributed by atoms with Crippen molar-refractivity contribution in [1.29, 1.82) is 0 Å². The van der Waals surface area contributed by atoms with Crippen molar-refractivity contribution in [2.75, 3.05) is 13.7 Å². The summed E-state index contributed by atoms with van der Waals surface area (Å²) < 4.78 is 41.8. The minimum Gasteiger partial charge on any atom is -0.467 e. The van der Waals surface area contributed by atoms with E-state index in [4.69, 9.17) is 53.6 Å². The molecule has 76 heavy (non-hydrogen) atoms. The van der Waals surface area contributed by atoms with Gasteiger partial charge < -0.3 is 37.7 Å². The SMILES string of the molecule is CCCc1nc(C(C)(C)O[C@@H]2O[C@H](C(=O)OC)[C@@H](OC(C)=O)[C@H](OC(C)=O)[C@H]2OC(C)=O)c(C(=O)OCC)n1Cc1ccc(-c2ccccc2-c2nnn(C(c3ccccc3)(c3ccccc3)c3ccccc3)n2)cc1. The predicted molar refractivity (Wildman–Crippen MR) is 276 cm³/mol. The number of aromatic nitrogens is 6. The summed E-state index contributed by atoms with van der Waals surface area (Å²) in [4.78, 5) is 71.6. The molecule has 0 N–H and O–H groups in total. The van der Waals surface area contributed by atoms with Crippen LogP contribution in [0.2, 0.25) is 0 Å². The zero-order valence-corrected chi connectivity index (χ0v) is 43.6. The van der Waals surface area contributed by atoms with Gasteiger partial charge in [0.2, 0.25) is 12.1 Å². The molecular formula is C58H60N6O12. The van der Waals surface area contributed by atoms with Crippen molar-refractivity contribution in [3.63, 3.8) is 0 Å². The van der Waals surface area contributed by atoms with Gasteiger partial charge in [0.25, 0.3) is 0 Å². The van der Waals surface area contributed by atoms with Gasteiger partial charge in [-0.3, -0.25) is 14.4 Å². The molecule has 0 unspecified atom stereocenters. The third kappa shape index (κ3) is 11.2. The molecule has 18 heteroatoms. The summed E-state index contributed by atoms with van der Waals surface area (Å²) in [5.74, 6) is -3.24. The van der Waals surface area contributed by atoms with Crippen LogP contribution in [0.15, 0.2) is 140 Å². The van der Waals surface area contributed by atoms with Crippen molar-refractivity contribution in [3.05, 3.63) is 179 Å². The second kappa shape index (κ2) is 23.5. The van der Waals surface area contributed by atoms with E-state index in [-0.39, 0.29) is 24.5 Å². The molecule has 5 aromatic carbocycles. The van der Waals surface area contributed by atoms with Crippen molar-refractivity contribution in [2.24, 2.45) is 0 Å². The van der Waals surface area contributed by atoms with E-state index < -0.39 is 71.7 Å². The quantitative estimate of drug-likeness (QED) is 0.0425. The van der Waals surface area contributed by atoms with Crippen LogP contribution in [0.5, 0.6) is 0 Å². The molecule has 1 saturated heterocycles. The highest BCUT2D eigenvalue weighted by molar-refractivity contribution is 5.89. The van der Waals surface area contributed by atoms with Gasteiger partial charge in [-0.2, -0.15) is 0 Å². The Balaban J connectivity index is 1.15. The number of ether oxygens (including phenoxy) is 7. The molecule has 7 aromatic rings. The fraction of sp³-hybridized carbons (Fsp3) is 0.328. The molecule has 0 amide bonds. The number of hydrogen-bond acceptors (Lipinski definition) is 16. The first-order valence-corrected chi connectivity index (χ1v) is 25.0. The molecule has 394 valence electrons. The van der Waals surface area contributed by atoms with Crippen molar-refractivity contribution < 1.29 is 57.1 Å². The van der Waals surface area contributed by atoms with Crippen LogP contribution >= 0.6 is 0 Å². The number of imidazole rings is 1. The van der Waals surface area contributed by atoms with E-state index >= 15 is 0 Å². The molecule has 0 bridgehead atoms. The van der Waals surface area contributed by atoms with E-state index in [1.54, 1.807) is 30.1 Å². The lowest BCUT2D eigenvalue weighted by Gasteiger charge is -2.45. The van der Waals surface area contributed by atoms with Crippen LogP contribution in [-0.2, 0) is 76.4 Å². The third-order valence-electron chi connectivity index (χ3n) is 12.9. The monoisotopic (exact) mass is 1030 g/mol. The Labute approximate surface area is 440 Å². The van der Waals surface area contributed by atoms with Gasteiger partial charge in [-0.1, -0.05) is 146 Å². The van der Waals surface area contributed by atoms with Crippen LogP contribution < -0.4 is 0 Å². The summed E-state index contributed by atoms with van der Waals surface area (Å²) in [6.45, 7) is 10.4. The topological polar surface area (TPSA) is 211 Å². The average molecular weight is 1030 g/mol. The molecular weight excluding hydrogens is 973 g/mol. The summed E-state index contributed by atoms with van der Waals surface area (Å²) in [7, 11) is 1.09. The maximum Gasteiger partial charge on any atom is 0.357 e. The number of nitrogens with zero attached hydrogens (tertiary/aromatic N) is 6.